The summed E-state index contributed by atoms with van der Waals surface area (Å²) in [5.41, 5.74) is -21.2. The van der Waals surface area contributed by atoms with Crippen molar-refractivity contribution in [1.82, 2.24) is 0 Å². The lowest BCUT2D eigenvalue weighted by atomic mass is 10.1. The van der Waals surface area contributed by atoms with E-state index in [9.17, 15) is 64.8 Å². The minimum absolute atomic E-state index is 0.697. The van der Waals surface area contributed by atoms with Gasteiger partial charge in [-0.05, 0) is 51.4 Å². The third kappa shape index (κ3) is 22.0. The van der Waals surface area contributed by atoms with Crippen molar-refractivity contribution in [3.05, 3.63) is 3.91 Å². The van der Waals surface area contributed by atoms with Crippen LogP contribution in [0, 0.1) is 3.91 Å². The van der Waals surface area contributed by atoms with Crippen molar-refractivity contribution in [1.29, 1.82) is 0 Å². The van der Waals surface area contributed by atoms with E-state index in [0.29, 0.717) is 0 Å². The Balaban J connectivity index is 0. The average molecular weight is 895 g/mol. The number of unbranched alkanes of at least 4 members (excludes halogenated alkanes) is 20. The van der Waals surface area contributed by atoms with E-state index in [0.717, 1.165) is 0 Å². The van der Waals surface area contributed by atoms with Gasteiger partial charge in [0.2, 0.25) is 0 Å². The van der Waals surface area contributed by atoms with Crippen molar-refractivity contribution in [3.8, 4) is 0 Å². The van der Waals surface area contributed by atoms with Crippen LogP contribution in [0.2, 0.25) is 0 Å². The van der Waals surface area contributed by atoms with Gasteiger partial charge in [0.1, 0.15) is 0 Å². The molecule has 0 aromatic rings. The summed E-state index contributed by atoms with van der Waals surface area (Å²) in [7, 11) is -24.8. The first-order valence-electron chi connectivity index (χ1n) is 20.0. The van der Waals surface area contributed by atoms with Crippen LogP contribution in [-0.4, -0.2) is 66.4 Å². The molecule has 0 amide bonds. The number of hydrogen-bond donors (Lipinski definition) is 0. The van der Waals surface area contributed by atoms with Gasteiger partial charge in [-0.3, -0.25) is 25.3 Å². The van der Waals surface area contributed by atoms with Gasteiger partial charge in [-0.1, -0.05) is 130 Å². The maximum atomic E-state index is 12.0. The molecule has 0 aromatic carbocycles. The van der Waals surface area contributed by atoms with Crippen LogP contribution < -0.4 is 0 Å². The molecule has 0 radical (unpaired) electrons. The number of sulfone groups is 3. The molecule has 334 valence electrons. The second-order valence-corrected chi connectivity index (χ2v) is 25.3. The highest BCUT2D eigenvalue weighted by Crippen LogP contribution is 2.61. The molecule has 19 heteroatoms. The Morgan fingerprint density at radius 1 is 0.327 bits per heavy atom. The van der Waals surface area contributed by atoms with Crippen LogP contribution in [0.3, 0.4) is 0 Å². The van der Waals surface area contributed by atoms with Gasteiger partial charge in [0, 0.05) is 7.26 Å². The smallest absolute Gasteiger partial charge is 0.251 e. The van der Waals surface area contributed by atoms with Crippen molar-refractivity contribution >= 4 is 36.8 Å². The zero-order chi connectivity index (χ0) is 42.9. The third-order valence-corrected chi connectivity index (χ3v) is 21.7. The molecule has 0 N–H and O–H groups in total. The van der Waals surface area contributed by atoms with E-state index in [1.165, 1.54) is 128 Å². The van der Waals surface area contributed by atoms with E-state index in [2.05, 4.69) is 27.7 Å². The van der Waals surface area contributed by atoms with Gasteiger partial charge in [0.15, 0.2) is 29.5 Å². The first-order valence-corrected chi connectivity index (χ1v) is 27.0. The van der Waals surface area contributed by atoms with Gasteiger partial charge in [-0.25, -0.2) is 0 Å². The second-order valence-electron chi connectivity index (χ2n) is 14.4. The van der Waals surface area contributed by atoms with E-state index in [1.54, 1.807) is 50.3 Å². The monoisotopic (exact) mass is 894 g/mol. The van der Waals surface area contributed by atoms with Crippen LogP contribution in [0.5, 0.6) is 0 Å². The van der Waals surface area contributed by atoms with Crippen LogP contribution in [0.15, 0.2) is 0 Å². The number of hydrogen-bond acceptors (Lipinski definition) is 6. The maximum absolute atomic E-state index is 12.0. The summed E-state index contributed by atoms with van der Waals surface area (Å²) in [5, 5.41) is 0. The Hall–Kier alpha value is -0.350. The number of rotatable bonds is 31. The Kier molecular flexibility index (Phi) is 29.1. The normalized spacial score (nSPS) is 13.6. The zero-order valence-corrected chi connectivity index (χ0v) is 36.7. The molecule has 0 spiro atoms. The quantitative estimate of drug-likeness (QED) is 0.0297. The Labute approximate surface area is 327 Å². The average Bonchev–Trinajstić information content (AvgIpc) is 3.06. The second kappa shape index (κ2) is 28.2. The zero-order valence-electron chi connectivity index (χ0n) is 33.3. The van der Waals surface area contributed by atoms with Gasteiger partial charge < -0.3 is 0 Å². The van der Waals surface area contributed by atoms with Gasteiger partial charge in [-0.2, -0.15) is 39.5 Å². The van der Waals surface area contributed by atoms with E-state index in [4.69, 9.17) is 0 Å². The molecule has 0 rings (SSSR count). The van der Waals surface area contributed by atoms with E-state index in [-0.39, 0.29) is 0 Å². The minimum atomic E-state index is -8.02. The van der Waals surface area contributed by atoms with Crippen molar-refractivity contribution in [2.45, 2.75) is 198 Å². The maximum Gasteiger partial charge on any atom is 0.470 e. The van der Waals surface area contributed by atoms with Crippen LogP contribution in [-0.2, 0) is 29.5 Å². The summed E-state index contributed by atoms with van der Waals surface area (Å²) in [6, 6.07) is 0. The van der Waals surface area contributed by atoms with Crippen molar-refractivity contribution in [2.75, 3.05) is 24.6 Å². The molecule has 0 fully saturated rings. The molecule has 6 nitrogen and oxygen atoms in total. The van der Waals surface area contributed by atoms with Crippen molar-refractivity contribution in [3.63, 3.8) is 0 Å². The molecule has 0 saturated heterocycles. The summed E-state index contributed by atoms with van der Waals surface area (Å²) < 4.78 is 167. The van der Waals surface area contributed by atoms with Crippen LogP contribution in [0.4, 0.5) is 39.5 Å². The number of alkyl halides is 9. The lowest BCUT2D eigenvalue weighted by Gasteiger charge is -2.31. The highest BCUT2D eigenvalue weighted by molar-refractivity contribution is 8.29. The predicted octanol–water partition coefficient (Wildman–Crippen LogP) is 13.7. The lowest BCUT2D eigenvalue weighted by Crippen LogP contribution is -2.47. The number of halogens is 9. The van der Waals surface area contributed by atoms with Gasteiger partial charge in [-0.15, -0.1) is 0 Å². The van der Waals surface area contributed by atoms with Crippen molar-refractivity contribution in [2.24, 2.45) is 0 Å². The van der Waals surface area contributed by atoms with E-state index in [1.807, 2.05) is 0 Å². The highest BCUT2D eigenvalue weighted by Gasteiger charge is 2.63. The Bertz CT molecular complexity index is 1170. The first kappa shape index (κ1) is 56.7. The molecule has 0 heterocycles. The van der Waals surface area contributed by atoms with Gasteiger partial charge in [0.25, 0.3) is 0 Å². The summed E-state index contributed by atoms with van der Waals surface area (Å²) in [6.45, 7) is 9.41. The topological polar surface area (TPSA) is 102 Å². The molecule has 0 aliphatic rings. The van der Waals surface area contributed by atoms with E-state index < -0.39 is 57.2 Å². The predicted molar refractivity (Wildman–Crippen MR) is 208 cm³/mol. The fraction of sp³-hybridized carbons (Fsp3) is 0.972. The molecule has 55 heavy (non-hydrogen) atoms. The fourth-order valence-corrected chi connectivity index (χ4v) is 17.0. The lowest BCUT2D eigenvalue weighted by molar-refractivity contribution is -0.0471. The standard InChI is InChI=1S/C32H68P.C4F9O6S3/c1-5-9-13-17-18-19-20-21-22-23-24-28-32-33(29-25-14-10-6-2,30-26-15-11-7-3)31-27-16-12-8-4;5-2(6,7)20(14,15)1(21(16,17)3(8,9)10)22(18,19)4(11,12)13/h5-32H2,1-4H3;/q+1;-1. The largest absolute Gasteiger partial charge is 0.470 e. The van der Waals surface area contributed by atoms with E-state index >= 15 is 0 Å². The summed E-state index contributed by atoms with van der Waals surface area (Å²) in [4.78, 5) is 0. The molecule has 0 aromatic heterocycles. The van der Waals surface area contributed by atoms with Crippen LogP contribution in [0.25, 0.3) is 0 Å². The highest BCUT2D eigenvalue weighted by atomic mass is 32.3. The molecule has 0 unspecified atom stereocenters. The summed E-state index contributed by atoms with van der Waals surface area (Å²) in [5.74, 6) is 0. The SMILES string of the molecule is CCCCCCCCCCCCCC[P+](CCCCCC)(CCCCCC)CCCCCC.O=S(=O)([C-](S(=O)(=O)C(F)(F)F)S(=O)(=O)C(F)(F)F)C(F)(F)F. The molecular weight excluding hydrogens is 827 g/mol. The fourth-order valence-electron chi connectivity index (χ4n) is 6.30. The van der Waals surface area contributed by atoms with Crippen LogP contribution >= 0.6 is 7.26 Å². The molecular formula is C36H68F9O6PS3. The Morgan fingerprint density at radius 3 is 0.673 bits per heavy atom. The minimum Gasteiger partial charge on any atom is -0.251 e. The molecule has 0 atom stereocenters. The molecule has 0 bridgehead atoms. The summed E-state index contributed by atoms with van der Waals surface area (Å²) >= 11 is 0. The summed E-state index contributed by atoms with van der Waals surface area (Å²) in [6.07, 6.45) is 42.1. The molecule has 0 aliphatic carbocycles. The van der Waals surface area contributed by atoms with Crippen LogP contribution in [0.1, 0.15) is 182 Å². The van der Waals surface area contributed by atoms with Gasteiger partial charge in [0.05, 0.1) is 28.6 Å². The van der Waals surface area contributed by atoms with Crippen molar-refractivity contribution < 1.29 is 64.8 Å². The third-order valence-electron chi connectivity index (χ3n) is 9.52. The molecule has 0 saturated carbocycles. The molecule has 0 aliphatic heterocycles. The van der Waals surface area contributed by atoms with Gasteiger partial charge >= 0.3 is 16.5 Å². The Morgan fingerprint density at radius 2 is 0.491 bits per heavy atom. The first-order chi connectivity index (χ1) is 25.4.